The Bertz CT molecular complexity index is 728. The van der Waals surface area contributed by atoms with E-state index in [4.69, 9.17) is 10.5 Å². The summed E-state index contributed by atoms with van der Waals surface area (Å²) in [6.07, 6.45) is 0. The van der Waals surface area contributed by atoms with Crippen molar-refractivity contribution in [2.45, 2.75) is 4.90 Å². The van der Waals surface area contributed by atoms with Gasteiger partial charge in [-0.05, 0) is 49.5 Å². The molecule has 0 amide bonds. The first-order chi connectivity index (χ1) is 9.96. The average molecular weight is 307 g/mol. The molecule has 0 saturated carbocycles. The van der Waals surface area contributed by atoms with Gasteiger partial charge in [0.15, 0.2) is 0 Å². The standard InChI is InChI=1S/C14H17N3O3S/c1-16-21(18,19)14-8-5-11(9-13(14)15)17-10-3-6-12(20-2)7-4-10/h3-9,16-17H,15H2,1-2H3. The first kappa shape index (κ1) is 15.1. The van der Waals surface area contributed by atoms with Crippen LogP contribution < -0.4 is 20.5 Å². The Balaban J connectivity index is 2.24. The van der Waals surface area contributed by atoms with Gasteiger partial charge >= 0.3 is 0 Å². The van der Waals surface area contributed by atoms with Crippen LogP contribution in [0.3, 0.4) is 0 Å². The highest BCUT2D eigenvalue weighted by Crippen LogP contribution is 2.25. The van der Waals surface area contributed by atoms with Crippen LogP contribution in [-0.4, -0.2) is 22.6 Å². The number of nitrogens with two attached hydrogens (primary N) is 1. The highest BCUT2D eigenvalue weighted by molar-refractivity contribution is 7.89. The van der Waals surface area contributed by atoms with Gasteiger partial charge in [-0.2, -0.15) is 0 Å². The van der Waals surface area contributed by atoms with Crippen molar-refractivity contribution < 1.29 is 13.2 Å². The molecule has 0 unspecified atom stereocenters. The van der Waals surface area contributed by atoms with Crippen molar-refractivity contribution in [2.75, 3.05) is 25.2 Å². The van der Waals surface area contributed by atoms with Crippen LogP contribution in [-0.2, 0) is 10.0 Å². The second-order valence-electron chi connectivity index (χ2n) is 4.31. The van der Waals surface area contributed by atoms with Crippen LogP contribution in [0.15, 0.2) is 47.4 Å². The minimum absolute atomic E-state index is 0.0604. The van der Waals surface area contributed by atoms with Gasteiger partial charge in [-0.1, -0.05) is 0 Å². The number of rotatable bonds is 5. The van der Waals surface area contributed by atoms with Gasteiger partial charge in [-0.15, -0.1) is 0 Å². The molecule has 0 radical (unpaired) electrons. The molecule has 0 atom stereocenters. The molecule has 2 aromatic carbocycles. The summed E-state index contributed by atoms with van der Waals surface area (Å²) in [6.45, 7) is 0. The molecule has 7 heteroatoms. The Morgan fingerprint density at radius 3 is 2.19 bits per heavy atom. The topological polar surface area (TPSA) is 93.5 Å². The lowest BCUT2D eigenvalue weighted by Gasteiger charge is -2.11. The minimum Gasteiger partial charge on any atom is -0.497 e. The fourth-order valence-electron chi connectivity index (χ4n) is 1.82. The van der Waals surface area contributed by atoms with Gasteiger partial charge in [0.05, 0.1) is 12.8 Å². The zero-order valence-corrected chi connectivity index (χ0v) is 12.6. The highest BCUT2D eigenvalue weighted by Gasteiger charge is 2.15. The van der Waals surface area contributed by atoms with Crippen molar-refractivity contribution >= 4 is 27.1 Å². The van der Waals surface area contributed by atoms with E-state index in [1.54, 1.807) is 19.2 Å². The lowest BCUT2D eigenvalue weighted by Crippen LogP contribution is -2.19. The number of hydrogen-bond acceptors (Lipinski definition) is 5. The second kappa shape index (κ2) is 6.02. The smallest absolute Gasteiger partial charge is 0.242 e. The van der Waals surface area contributed by atoms with E-state index in [0.29, 0.717) is 5.69 Å². The third-order valence-electron chi connectivity index (χ3n) is 2.95. The molecule has 0 aliphatic heterocycles. The number of benzene rings is 2. The lowest BCUT2D eigenvalue weighted by atomic mass is 10.2. The molecular weight excluding hydrogens is 290 g/mol. The van der Waals surface area contributed by atoms with Gasteiger partial charge in [0.1, 0.15) is 10.6 Å². The van der Waals surface area contributed by atoms with E-state index in [9.17, 15) is 8.42 Å². The molecule has 2 rings (SSSR count). The molecule has 112 valence electrons. The lowest BCUT2D eigenvalue weighted by molar-refractivity contribution is 0.415. The Morgan fingerprint density at radius 1 is 1.05 bits per heavy atom. The van der Waals surface area contributed by atoms with Crippen molar-refractivity contribution in [2.24, 2.45) is 0 Å². The van der Waals surface area contributed by atoms with Crippen LogP contribution in [0.25, 0.3) is 0 Å². The van der Waals surface area contributed by atoms with Gasteiger partial charge in [0, 0.05) is 11.4 Å². The summed E-state index contributed by atoms with van der Waals surface area (Å²) in [5.74, 6) is 0.760. The fourth-order valence-corrected chi connectivity index (χ4v) is 2.66. The summed E-state index contributed by atoms with van der Waals surface area (Å²) < 4.78 is 30.8. The third kappa shape index (κ3) is 3.45. The van der Waals surface area contributed by atoms with Gasteiger partial charge < -0.3 is 15.8 Å². The summed E-state index contributed by atoms with van der Waals surface area (Å²) in [5, 5.41) is 3.14. The van der Waals surface area contributed by atoms with Crippen molar-refractivity contribution in [1.29, 1.82) is 0 Å². The molecule has 0 aliphatic carbocycles. The molecule has 0 spiro atoms. The van der Waals surface area contributed by atoms with Gasteiger partial charge in [0.2, 0.25) is 10.0 Å². The first-order valence-corrected chi connectivity index (χ1v) is 7.69. The Morgan fingerprint density at radius 2 is 1.67 bits per heavy atom. The van der Waals surface area contributed by atoms with Crippen LogP contribution in [0.1, 0.15) is 0 Å². The van der Waals surface area contributed by atoms with E-state index in [2.05, 4.69) is 10.0 Å². The minimum atomic E-state index is -3.55. The Kier molecular flexibility index (Phi) is 4.35. The van der Waals surface area contributed by atoms with Gasteiger partial charge in [0.25, 0.3) is 0 Å². The maximum absolute atomic E-state index is 11.7. The molecule has 4 N–H and O–H groups in total. The molecule has 21 heavy (non-hydrogen) atoms. The summed E-state index contributed by atoms with van der Waals surface area (Å²) in [6, 6.07) is 12.1. The zero-order valence-electron chi connectivity index (χ0n) is 11.8. The summed E-state index contributed by atoms with van der Waals surface area (Å²) in [5.41, 5.74) is 7.53. The monoisotopic (exact) mass is 307 g/mol. The molecule has 2 aromatic rings. The molecule has 0 aliphatic rings. The van der Waals surface area contributed by atoms with Crippen molar-refractivity contribution in [3.8, 4) is 5.75 Å². The van der Waals surface area contributed by atoms with E-state index >= 15 is 0 Å². The zero-order chi connectivity index (χ0) is 15.5. The normalized spacial score (nSPS) is 11.1. The molecule has 0 aromatic heterocycles. The molecular formula is C14H17N3O3S. The number of nitrogen functional groups attached to an aromatic ring is 1. The second-order valence-corrected chi connectivity index (χ2v) is 6.17. The highest BCUT2D eigenvalue weighted by atomic mass is 32.2. The van der Waals surface area contributed by atoms with Crippen molar-refractivity contribution in [1.82, 2.24) is 4.72 Å². The molecule has 0 fully saturated rings. The maximum atomic E-state index is 11.7. The molecule has 0 saturated heterocycles. The fraction of sp³-hybridized carbons (Fsp3) is 0.143. The third-order valence-corrected chi connectivity index (χ3v) is 4.43. The van der Waals surface area contributed by atoms with Crippen molar-refractivity contribution in [3.63, 3.8) is 0 Å². The van der Waals surface area contributed by atoms with Crippen molar-refractivity contribution in [3.05, 3.63) is 42.5 Å². The maximum Gasteiger partial charge on any atom is 0.242 e. The van der Waals surface area contributed by atoms with Crippen LogP contribution in [0.5, 0.6) is 5.75 Å². The van der Waals surface area contributed by atoms with Gasteiger partial charge in [-0.25, -0.2) is 13.1 Å². The molecule has 6 nitrogen and oxygen atoms in total. The summed E-state index contributed by atoms with van der Waals surface area (Å²) in [7, 11) is -0.600. The quantitative estimate of drug-likeness (QED) is 0.734. The number of methoxy groups -OCH3 is 1. The van der Waals surface area contributed by atoms with E-state index < -0.39 is 10.0 Å². The number of sulfonamides is 1. The van der Waals surface area contributed by atoms with E-state index in [-0.39, 0.29) is 10.6 Å². The van der Waals surface area contributed by atoms with E-state index in [0.717, 1.165) is 11.4 Å². The summed E-state index contributed by atoms with van der Waals surface area (Å²) >= 11 is 0. The predicted octanol–water partition coefficient (Wildman–Crippen LogP) is 1.93. The predicted molar refractivity (Wildman–Crippen MR) is 83.4 cm³/mol. The number of ether oxygens (including phenoxy) is 1. The SMILES string of the molecule is CNS(=O)(=O)c1ccc(Nc2ccc(OC)cc2)cc1N. The number of anilines is 3. The number of hydrogen-bond donors (Lipinski definition) is 3. The molecule has 0 heterocycles. The number of nitrogens with one attached hydrogen (secondary N) is 2. The van der Waals surface area contributed by atoms with E-state index in [1.165, 1.54) is 13.1 Å². The van der Waals surface area contributed by atoms with Crippen LogP contribution in [0.2, 0.25) is 0 Å². The van der Waals surface area contributed by atoms with Crippen LogP contribution in [0, 0.1) is 0 Å². The van der Waals surface area contributed by atoms with E-state index in [1.807, 2.05) is 24.3 Å². The Hall–Kier alpha value is -2.25. The average Bonchev–Trinajstić information content (AvgIpc) is 2.48. The van der Waals surface area contributed by atoms with Crippen LogP contribution >= 0.6 is 0 Å². The summed E-state index contributed by atoms with van der Waals surface area (Å²) in [4.78, 5) is 0.0604. The van der Waals surface area contributed by atoms with Gasteiger partial charge in [-0.3, -0.25) is 0 Å². The van der Waals surface area contributed by atoms with Crippen LogP contribution in [0.4, 0.5) is 17.1 Å². The molecule has 0 bridgehead atoms. The Labute approximate surface area is 124 Å². The largest absolute Gasteiger partial charge is 0.497 e. The first-order valence-electron chi connectivity index (χ1n) is 6.20.